The topological polar surface area (TPSA) is 61.6 Å². The van der Waals surface area contributed by atoms with Gasteiger partial charge in [-0.15, -0.1) is 0 Å². The third-order valence-corrected chi connectivity index (χ3v) is 3.70. The van der Waals surface area contributed by atoms with Crippen LogP contribution in [0.15, 0.2) is 0 Å². The molecular weight excluding hydrogens is 242 g/mol. The molecule has 19 heavy (non-hydrogen) atoms. The van der Waals surface area contributed by atoms with Gasteiger partial charge < -0.3 is 15.2 Å². The number of unbranched alkanes of at least 4 members (excludes halogenated alkanes) is 3. The summed E-state index contributed by atoms with van der Waals surface area (Å²) in [6.07, 6.45) is 9.70. The van der Waals surface area contributed by atoms with Gasteiger partial charge in [-0.2, -0.15) is 0 Å². The minimum absolute atomic E-state index is 0.200. The van der Waals surface area contributed by atoms with Crippen LogP contribution < -0.4 is 5.73 Å². The molecule has 0 unspecified atom stereocenters. The molecule has 1 saturated heterocycles. The van der Waals surface area contributed by atoms with Gasteiger partial charge >= 0.3 is 0 Å². The minimum atomic E-state index is -0.200. The number of amides is 1. The van der Waals surface area contributed by atoms with Gasteiger partial charge in [0, 0.05) is 32.8 Å². The van der Waals surface area contributed by atoms with Gasteiger partial charge in [0.2, 0.25) is 5.91 Å². The van der Waals surface area contributed by atoms with Gasteiger partial charge in [0.15, 0.2) is 0 Å². The number of nitrogens with two attached hydrogens (primary N) is 1. The summed E-state index contributed by atoms with van der Waals surface area (Å²) < 4.78 is 10.9. The normalized spacial score (nSPS) is 16.6. The van der Waals surface area contributed by atoms with Crippen molar-refractivity contribution in [3.63, 3.8) is 0 Å². The van der Waals surface area contributed by atoms with Crippen LogP contribution in [0.25, 0.3) is 0 Å². The molecule has 1 rings (SSSR count). The summed E-state index contributed by atoms with van der Waals surface area (Å²) in [6.45, 7) is 3.59. The Bertz CT molecular complexity index is 227. The van der Waals surface area contributed by atoms with E-state index in [1.54, 1.807) is 0 Å². The molecule has 0 spiro atoms. The van der Waals surface area contributed by atoms with Gasteiger partial charge in [0.1, 0.15) is 0 Å². The van der Waals surface area contributed by atoms with E-state index in [0.29, 0.717) is 6.42 Å². The van der Waals surface area contributed by atoms with E-state index < -0.39 is 0 Å². The number of carbonyl (C=O) groups is 1. The Morgan fingerprint density at radius 3 is 2.42 bits per heavy atom. The molecule has 0 aliphatic carbocycles. The van der Waals surface area contributed by atoms with Crippen molar-refractivity contribution < 1.29 is 14.3 Å². The Morgan fingerprint density at radius 1 is 1.05 bits per heavy atom. The van der Waals surface area contributed by atoms with Crippen LogP contribution in [-0.2, 0) is 14.3 Å². The van der Waals surface area contributed by atoms with Crippen molar-refractivity contribution in [1.82, 2.24) is 0 Å². The Labute approximate surface area is 117 Å². The second-order valence-corrected chi connectivity index (χ2v) is 5.44. The van der Waals surface area contributed by atoms with Gasteiger partial charge in [-0.25, -0.2) is 0 Å². The number of rotatable bonds is 11. The molecule has 4 heteroatoms. The van der Waals surface area contributed by atoms with Gasteiger partial charge in [0.05, 0.1) is 0 Å². The van der Waals surface area contributed by atoms with Crippen molar-refractivity contribution in [3.05, 3.63) is 0 Å². The van der Waals surface area contributed by atoms with E-state index >= 15 is 0 Å². The molecule has 0 atom stereocenters. The van der Waals surface area contributed by atoms with E-state index in [2.05, 4.69) is 0 Å². The average molecular weight is 271 g/mol. The van der Waals surface area contributed by atoms with E-state index in [0.717, 1.165) is 51.6 Å². The van der Waals surface area contributed by atoms with Crippen LogP contribution in [0.4, 0.5) is 0 Å². The van der Waals surface area contributed by atoms with E-state index in [-0.39, 0.29) is 5.91 Å². The maximum Gasteiger partial charge on any atom is 0.217 e. The van der Waals surface area contributed by atoms with Crippen molar-refractivity contribution >= 4 is 5.91 Å². The molecule has 1 amide bonds. The number of carbonyl (C=O) groups excluding carboxylic acids is 1. The minimum Gasteiger partial charge on any atom is -0.381 e. The van der Waals surface area contributed by atoms with Crippen LogP contribution in [0.1, 0.15) is 57.8 Å². The number of primary amides is 1. The Kier molecular flexibility index (Phi) is 9.72. The number of hydrogen-bond acceptors (Lipinski definition) is 3. The summed E-state index contributed by atoms with van der Waals surface area (Å²) >= 11 is 0. The molecule has 0 radical (unpaired) electrons. The first-order valence-electron chi connectivity index (χ1n) is 7.73. The fourth-order valence-corrected chi connectivity index (χ4v) is 2.45. The molecule has 1 fully saturated rings. The Hall–Kier alpha value is -0.610. The van der Waals surface area contributed by atoms with E-state index in [1.165, 1.54) is 32.1 Å². The summed E-state index contributed by atoms with van der Waals surface area (Å²) in [6, 6.07) is 0. The first kappa shape index (κ1) is 16.4. The lowest BCUT2D eigenvalue weighted by atomic mass is 9.94. The van der Waals surface area contributed by atoms with Crippen molar-refractivity contribution in [3.8, 4) is 0 Å². The molecule has 0 aromatic heterocycles. The Morgan fingerprint density at radius 2 is 1.74 bits per heavy atom. The third-order valence-electron chi connectivity index (χ3n) is 3.70. The molecule has 1 aliphatic rings. The first-order valence-corrected chi connectivity index (χ1v) is 7.73. The summed E-state index contributed by atoms with van der Waals surface area (Å²) in [7, 11) is 0. The third kappa shape index (κ3) is 9.91. The molecule has 4 nitrogen and oxygen atoms in total. The number of hydrogen-bond donors (Lipinski definition) is 1. The maximum absolute atomic E-state index is 10.5. The largest absolute Gasteiger partial charge is 0.381 e. The van der Waals surface area contributed by atoms with Gasteiger partial charge in [-0.1, -0.05) is 19.3 Å². The highest BCUT2D eigenvalue weighted by molar-refractivity contribution is 5.73. The lowest BCUT2D eigenvalue weighted by molar-refractivity contribution is -0.118. The predicted molar refractivity (Wildman–Crippen MR) is 75.9 cm³/mol. The molecule has 1 heterocycles. The van der Waals surface area contributed by atoms with Crippen molar-refractivity contribution in [1.29, 1.82) is 0 Å². The summed E-state index contributed by atoms with van der Waals surface area (Å²) in [5, 5.41) is 0. The molecular formula is C15H29NO3. The van der Waals surface area contributed by atoms with Crippen LogP contribution in [0, 0.1) is 5.92 Å². The zero-order valence-electron chi connectivity index (χ0n) is 12.1. The van der Waals surface area contributed by atoms with Crippen LogP contribution in [0.2, 0.25) is 0 Å². The zero-order valence-corrected chi connectivity index (χ0v) is 12.1. The van der Waals surface area contributed by atoms with Crippen molar-refractivity contribution in [2.75, 3.05) is 26.4 Å². The van der Waals surface area contributed by atoms with Crippen LogP contribution in [0.5, 0.6) is 0 Å². The van der Waals surface area contributed by atoms with Gasteiger partial charge in [0.25, 0.3) is 0 Å². The first-order chi connectivity index (χ1) is 9.29. The summed E-state index contributed by atoms with van der Waals surface area (Å²) in [5.41, 5.74) is 5.07. The van der Waals surface area contributed by atoms with E-state index in [1.807, 2.05) is 0 Å². The molecule has 2 N–H and O–H groups in total. The van der Waals surface area contributed by atoms with Crippen LogP contribution in [-0.4, -0.2) is 32.3 Å². The van der Waals surface area contributed by atoms with E-state index in [9.17, 15) is 4.79 Å². The quantitative estimate of drug-likeness (QED) is 0.588. The second kappa shape index (κ2) is 11.2. The second-order valence-electron chi connectivity index (χ2n) is 5.44. The lowest BCUT2D eigenvalue weighted by Crippen LogP contribution is -2.15. The van der Waals surface area contributed by atoms with Crippen LogP contribution in [0.3, 0.4) is 0 Å². The summed E-state index contributed by atoms with van der Waals surface area (Å²) in [5.74, 6) is 0.677. The smallest absolute Gasteiger partial charge is 0.217 e. The standard InChI is InChI=1S/C15H29NO3/c16-15(17)7-2-1-4-10-18-11-5-3-6-14-8-12-19-13-9-14/h14H,1-13H2,(H2,16,17). The predicted octanol–water partition coefficient (Wildman–Crippen LogP) is 2.65. The Balaban J connectivity index is 1.74. The fourth-order valence-electron chi connectivity index (χ4n) is 2.45. The maximum atomic E-state index is 10.5. The zero-order chi connectivity index (χ0) is 13.8. The molecule has 0 bridgehead atoms. The van der Waals surface area contributed by atoms with Gasteiger partial charge in [-0.3, -0.25) is 4.79 Å². The molecule has 0 saturated carbocycles. The lowest BCUT2D eigenvalue weighted by Gasteiger charge is -2.21. The highest BCUT2D eigenvalue weighted by atomic mass is 16.5. The molecule has 112 valence electrons. The fraction of sp³-hybridized carbons (Fsp3) is 0.933. The van der Waals surface area contributed by atoms with Crippen molar-refractivity contribution in [2.24, 2.45) is 11.7 Å². The highest BCUT2D eigenvalue weighted by Crippen LogP contribution is 2.20. The number of ether oxygens (including phenoxy) is 2. The van der Waals surface area contributed by atoms with Crippen LogP contribution >= 0.6 is 0 Å². The SMILES string of the molecule is NC(=O)CCCCCOCCCCC1CCOCC1. The van der Waals surface area contributed by atoms with Gasteiger partial charge in [-0.05, 0) is 38.0 Å². The monoisotopic (exact) mass is 271 g/mol. The van der Waals surface area contributed by atoms with E-state index in [4.69, 9.17) is 15.2 Å². The molecule has 0 aromatic rings. The summed E-state index contributed by atoms with van der Waals surface area (Å²) in [4.78, 5) is 10.5. The van der Waals surface area contributed by atoms with Crippen molar-refractivity contribution in [2.45, 2.75) is 57.8 Å². The molecule has 0 aromatic carbocycles. The molecule has 1 aliphatic heterocycles. The highest BCUT2D eigenvalue weighted by Gasteiger charge is 2.12. The average Bonchev–Trinajstić information content (AvgIpc) is 2.42.